The Morgan fingerprint density at radius 1 is 1.13 bits per heavy atom. The molecule has 0 saturated heterocycles. The van der Waals surface area contributed by atoms with Crippen LogP contribution in [0.15, 0.2) is 0 Å². The fourth-order valence-corrected chi connectivity index (χ4v) is 1.88. The monoisotopic (exact) mass is 216 g/mol. The average molecular weight is 216 g/mol. The first kappa shape index (κ1) is 13.9. The zero-order valence-electron chi connectivity index (χ0n) is 9.66. The predicted octanol–water partition coefficient (Wildman–Crippen LogP) is 2.08. The van der Waals surface area contributed by atoms with Crippen molar-refractivity contribution in [3.63, 3.8) is 0 Å². The molecule has 4 heteroatoms. The van der Waals surface area contributed by atoms with E-state index in [-0.39, 0.29) is 30.6 Å². The zero-order valence-corrected chi connectivity index (χ0v) is 9.66. The molecule has 0 aliphatic rings. The maximum absolute atomic E-state index is 11.1. The maximum atomic E-state index is 11.1. The number of hydrogen-bond donors (Lipinski definition) is 1. The smallest absolute Gasteiger partial charge is 0.305 e. The average Bonchev–Trinajstić information content (AvgIpc) is 2.18. The van der Waals surface area contributed by atoms with Crippen LogP contribution >= 0.6 is 0 Å². The molecule has 15 heavy (non-hydrogen) atoms. The van der Waals surface area contributed by atoms with Gasteiger partial charge in [-0.2, -0.15) is 0 Å². The lowest BCUT2D eigenvalue weighted by atomic mass is 9.83. The largest absolute Gasteiger partial charge is 0.481 e. The number of aliphatic carboxylic acids is 1. The van der Waals surface area contributed by atoms with Crippen LogP contribution in [0.1, 0.15) is 39.5 Å². The maximum Gasteiger partial charge on any atom is 0.305 e. The van der Waals surface area contributed by atoms with Gasteiger partial charge in [-0.3, -0.25) is 9.59 Å². The molecule has 4 nitrogen and oxygen atoms in total. The van der Waals surface area contributed by atoms with E-state index in [1.165, 1.54) is 7.11 Å². The van der Waals surface area contributed by atoms with Gasteiger partial charge in [0.25, 0.3) is 0 Å². The summed E-state index contributed by atoms with van der Waals surface area (Å²) in [5, 5.41) is 8.76. The molecule has 0 aromatic rings. The van der Waals surface area contributed by atoms with Gasteiger partial charge >= 0.3 is 11.9 Å². The first-order chi connectivity index (χ1) is 7.04. The summed E-state index contributed by atoms with van der Waals surface area (Å²) in [7, 11) is 1.33. The minimum atomic E-state index is -0.851. The molecule has 0 amide bonds. The Morgan fingerprint density at radius 2 is 1.67 bits per heavy atom. The molecule has 0 aliphatic heterocycles. The molecule has 0 spiro atoms. The number of methoxy groups -OCH3 is 1. The Bertz CT molecular complexity index is 209. The zero-order chi connectivity index (χ0) is 11.8. The lowest BCUT2D eigenvalue weighted by molar-refractivity contribution is -0.143. The van der Waals surface area contributed by atoms with Crippen LogP contribution in [0, 0.1) is 11.8 Å². The van der Waals surface area contributed by atoms with Crippen LogP contribution in [-0.4, -0.2) is 24.2 Å². The molecule has 88 valence electrons. The van der Waals surface area contributed by atoms with Gasteiger partial charge in [0.05, 0.1) is 7.11 Å². The summed E-state index contributed by atoms with van der Waals surface area (Å²) in [5.41, 5.74) is 0. The Labute approximate surface area is 90.6 Å². The quantitative estimate of drug-likeness (QED) is 0.662. The van der Waals surface area contributed by atoms with Gasteiger partial charge in [-0.15, -0.1) is 0 Å². The Morgan fingerprint density at radius 3 is 2.00 bits per heavy atom. The lowest BCUT2D eigenvalue weighted by Gasteiger charge is -2.22. The van der Waals surface area contributed by atoms with Gasteiger partial charge in [0, 0.05) is 12.8 Å². The van der Waals surface area contributed by atoms with Crippen molar-refractivity contribution in [2.45, 2.75) is 39.5 Å². The van der Waals surface area contributed by atoms with Crippen molar-refractivity contribution in [2.75, 3.05) is 7.11 Å². The van der Waals surface area contributed by atoms with Crippen LogP contribution in [0.5, 0.6) is 0 Å². The minimum Gasteiger partial charge on any atom is -0.481 e. The van der Waals surface area contributed by atoms with Gasteiger partial charge in [-0.05, 0) is 11.8 Å². The number of rotatable bonds is 7. The summed E-state index contributed by atoms with van der Waals surface area (Å²) in [6.07, 6.45) is 2.04. The lowest BCUT2D eigenvalue weighted by Crippen LogP contribution is -2.21. The van der Waals surface area contributed by atoms with Crippen LogP contribution < -0.4 is 0 Å². The van der Waals surface area contributed by atoms with Gasteiger partial charge in [0.2, 0.25) is 0 Å². The molecule has 1 atom stereocenters. The van der Waals surface area contributed by atoms with Gasteiger partial charge in [-0.1, -0.05) is 26.7 Å². The van der Waals surface area contributed by atoms with E-state index in [1.807, 2.05) is 13.8 Å². The third-order valence-electron chi connectivity index (χ3n) is 2.81. The highest BCUT2D eigenvalue weighted by Gasteiger charge is 2.24. The molecule has 0 fully saturated rings. The molecular weight excluding hydrogens is 196 g/mol. The first-order valence-electron chi connectivity index (χ1n) is 5.33. The van der Waals surface area contributed by atoms with Gasteiger partial charge < -0.3 is 9.84 Å². The number of hydrogen-bond acceptors (Lipinski definition) is 3. The van der Waals surface area contributed by atoms with Crippen molar-refractivity contribution in [3.05, 3.63) is 0 Å². The summed E-state index contributed by atoms with van der Waals surface area (Å²) in [6, 6.07) is 0. The van der Waals surface area contributed by atoms with Gasteiger partial charge in [-0.25, -0.2) is 0 Å². The Balaban J connectivity index is 4.41. The number of carbonyl (C=O) groups is 2. The molecule has 0 radical (unpaired) electrons. The molecule has 1 N–H and O–H groups in total. The highest BCUT2D eigenvalue weighted by Crippen LogP contribution is 2.26. The van der Waals surface area contributed by atoms with E-state index < -0.39 is 5.97 Å². The van der Waals surface area contributed by atoms with Crippen molar-refractivity contribution < 1.29 is 19.4 Å². The van der Waals surface area contributed by atoms with Crippen molar-refractivity contribution in [2.24, 2.45) is 11.8 Å². The highest BCUT2D eigenvalue weighted by atomic mass is 16.5. The number of ether oxygens (including phenoxy) is 1. The summed E-state index contributed by atoms with van der Waals surface area (Å²) in [6.45, 7) is 4.03. The van der Waals surface area contributed by atoms with E-state index in [1.54, 1.807) is 0 Å². The summed E-state index contributed by atoms with van der Waals surface area (Å²) in [5.74, 6) is -1.01. The van der Waals surface area contributed by atoms with Crippen LogP contribution in [0.3, 0.4) is 0 Å². The van der Waals surface area contributed by atoms with E-state index in [0.29, 0.717) is 0 Å². The van der Waals surface area contributed by atoms with Crippen LogP contribution in [0.4, 0.5) is 0 Å². The molecule has 0 heterocycles. The minimum absolute atomic E-state index is 0.0431. The van der Waals surface area contributed by atoms with Crippen molar-refractivity contribution in [1.82, 2.24) is 0 Å². The molecule has 0 aromatic heterocycles. The summed E-state index contributed by atoms with van der Waals surface area (Å²) in [4.78, 5) is 21.8. The highest BCUT2D eigenvalue weighted by molar-refractivity contribution is 5.72. The van der Waals surface area contributed by atoms with E-state index in [0.717, 1.165) is 12.8 Å². The predicted molar refractivity (Wildman–Crippen MR) is 56.4 cm³/mol. The topological polar surface area (TPSA) is 63.6 Å². The fraction of sp³-hybridized carbons (Fsp3) is 0.818. The van der Waals surface area contributed by atoms with Crippen LogP contribution in [0.2, 0.25) is 0 Å². The standard InChI is InChI=1S/C11H20O4/c1-4-8(5-2)9(6-10(12)13)7-11(14)15-3/h8-9H,4-7H2,1-3H3,(H,12,13). The number of carboxylic acid groups (broad SMARTS) is 1. The van der Waals surface area contributed by atoms with Crippen molar-refractivity contribution in [3.8, 4) is 0 Å². The second kappa shape index (κ2) is 7.26. The molecule has 0 bridgehead atoms. The van der Waals surface area contributed by atoms with E-state index in [4.69, 9.17) is 5.11 Å². The van der Waals surface area contributed by atoms with E-state index >= 15 is 0 Å². The van der Waals surface area contributed by atoms with Gasteiger partial charge in [0.1, 0.15) is 0 Å². The van der Waals surface area contributed by atoms with Crippen LogP contribution in [-0.2, 0) is 14.3 Å². The van der Waals surface area contributed by atoms with Crippen molar-refractivity contribution in [1.29, 1.82) is 0 Å². The molecule has 0 rings (SSSR count). The third-order valence-corrected chi connectivity index (χ3v) is 2.81. The summed E-state index contributed by atoms with van der Waals surface area (Å²) >= 11 is 0. The molecule has 1 unspecified atom stereocenters. The molecule has 0 aromatic carbocycles. The van der Waals surface area contributed by atoms with E-state index in [2.05, 4.69) is 4.74 Å². The molecule has 0 aliphatic carbocycles. The number of carbonyl (C=O) groups excluding carboxylic acids is 1. The van der Waals surface area contributed by atoms with E-state index in [9.17, 15) is 9.59 Å². The Hall–Kier alpha value is -1.06. The summed E-state index contributed by atoms with van der Waals surface area (Å²) < 4.78 is 4.57. The second-order valence-electron chi connectivity index (χ2n) is 3.71. The fourth-order valence-electron chi connectivity index (χ4n) is 1.88. The second-order valence-corrected chi connectivity index (χ2v) is 3.71. The molecule has 0 saturated carbocycles. The number of carboxylic acids is 1. The van der Waals surface area contributed by atoms with Crippen molar-refractivity contribution >= 4 is 11.9 Å². The Kier molecular flexibility index (Phi) is 6.75. The van der Waals surface area contributed by atoms with Gasteiger partial charge in [0.15, 0.2) is 0 Å². The molecular formula is C11H20O4. The number of esters is 1. The van der Waals surface area contributed by atoms with Crippen LogP contribution in [0.25, 0.3) is 0 Å². The third kappa shape index (κ3) is 5.40. The first-order valence-corrected chi connectivity index (χ1v) is 5.33. The SMILES string of the molecule is CCC(CC)C(CC(=O)O)CC(=O)OC. The normalized spacial score (nSPS) is 12.5.